The molecule has 54 heteroatoms. The Bertz CT molecular complexity index is 3130. The third-order valence-electron chi connectivity index (χ3n) is 15.3. The van der Waals surface area contributed by atoms with Gasteiger partial charge in [-0.3, -0.25) is 64.2 Å². The second-order valence-electron chi connectivity index (χ2n) is 24.1. The number of imidazole rings is 1. The van der Waals surface area contributed by atoms with E-state index in [2.05, 4.69) is 30.9 Å². The molecule has 0 saturated carbocycles. The highest BCUT2D eigenvalue weighted by atomic mass is 31.2. The number of carbonyl (C=O) groups is 3. The van der Waals surface area contributed by atoms with Crippen LogP contribution in [0.2, 0.25) is 0 Å². The molecule has 4 aliphatic heterocycles. The SMILES string of the molecule is CC(=O)N[C@H]1C(O)[C@@H](O)C(CO)O[C@H]1OCCOP(=O)(O)OCOCC(COCOP(=O)(O)OCCO[C@@H]1OC(CO)[C@H](O)C(O)[C@@H]1NC(C)=O)(COCOP(=O)(O)OCCO[C@@H]1OC(CO)[C@H](O)C(O)[C@@H]1NC(C)=O)COP(=O)(O)OC[C@H]1O[C@@H](n2cnc3c(C)ncnc32)CC1OP(=O)(O)OC(C)C. The van der Waals surface area contributed by atoms with E-state index >= 15 is 0 Å². The first-order valence-electron chi connectivity index (χ1n) is 32.0. The maximum Gasteiger partial charge on any atom is 0.474 e. The Morgan fingerprint density at radius 3 is 1.27 bits per heavy atom. The number of phosphoric acid groups is 5. The summed E-state index contributed by atoms with van der Waals surface area (Å²) in [6, 6.07) is -4.27. The average molecular weight is 1640 g/mol. The molecule has 6 rings (SSSR count). The summed E-state index contributed by atoms with van der Waals surface area (Å²) in [7, 11) is -26.2. The van der Waals surface area contributed by atoms with E-state index in [4.69, 9.17) is 92.6 Å². The van der Waals surface area contributed by atoms with Gasteiger partial charge in [-0.05, 0) is 20.8 Å². The average Bonchev–Trinajstić information content (AvgIpc) is 1.58. The zero-order valence-corrected chi connectivity index (χ0v) is 62.0. The summed E-state index contributed by atoms with van der Waals surface area (Å²) in [4.78, 5) is 102. The second-order valence-corrected chi connectivity index (χ2v) is 31.2. The van der Waals surface area contributed by atoms with E-state index in [1.807, 2.05) is 0 Å². The van der Waals surface area contributed by atoms with Crippen LogP contribution >= 0.6 is 39.1 Å². The quantitative estimate of drug-likeness (QED) is 0.0167. The molecule has 0 bridgehead atoms. The normalized spacial score (nSPS) is 31.4. The summed E-state index contributed by atoms with van der Waals surface area (Å²) >= 11 is 0. The van der Waals surface area contributed by atoms with Crippen LogP contribution in [0.15, 0.2) is 12.7 Å². The summed E-state index contributed by atoms with van der Waals surface area (Å²) in [6.45, 7) is -8.23. The number of hydrogen-bond acceptors (Lipinski definition) is 40. The molecule has 23 atom stereocenters. The van der Waals surface area contributed by atoms with Crippen LogP contribution in [0.4, 0.5) is 0 Å². The van der Waals surface area contributed by atoms with Crippen LogP contribution in [0, 0.1) is 12.3 Å². The van der Waals surface area contributed by atoms with Crippen molar-refractivity contribution in [1.29, 1.82) is 0 Å². The number of nitrogens with one attached hydrogen (secondary N) is 3. The number of fused-ring (bicyclic) bond motifs is 1. The molecule has 4 saturated heterocycles. The van der Waals surface area contributed by atoms with E-state index in [9.17, 15) is 108 Å². The number of aromatic nitrogens is 4. The van der Waals surface area contributed by atoms with Crippen molar-refractivity contribution >= 4 is 68.0 Å². The van der Waals surface area contributed by atoms with Gasteiger partial charge in [0, 0.05) is 27.2 Å². The lowest BCUT2D eigenvalue weighted by Gasteiger charge is -2.42. The van der Waals surface area contributed by atoms with Crippen molar-refractivity contribution in [3.63, 3.8) is 0 Å². The third-order valence-corrected chi connectivity index (χ3v) is 20.3. The third kappa shape index (κ3) is 28.4. The van der Waals surface area contributed by atoms with Gasteiger partial charge in [0.05, 0.1) is 116 Å². The molecule has 6 heterocycles. The first-order chi connectivity index (χ1) is 49.7. The number of amides is 3. The Morgan fingerprint density at radius 1 is 0.519 bits per heavy atom. The monoisotopic (exact) mass is 1640 g/mol. The Hall–Kier alpha value is -3.25. The van der Waals surface area contributed by atoms with Gasteiger partial charge in [-0.15, -0.1) is 0 Å². The van der Waals surface area contributed by atoms with Crippen molar-refractivity contribution in [2.45, 2.75) is 164 Å². The fourth-order valence-corrected chi connectivity index (χ4v) is 14.2. The van der Waals surface area contributed by atoms with Gasteiger partial charge in [-0.2, -0.15) is 0 Å². The Kier molecular flexibility index (Phi) is 36.3. The van der Waals surface area contributed by atoms with Crippen molar-refractivity contribution in [3.8, 4) is 0 Å². The van der Waals surface area contributed by atoms with Crippen LogP contribution in [0.1, 0.15) is 53.0 Å². The smallest absolute Gasteiger partial charge is 0.394 e. The number of phosphoric ester groups is 5. The standard InChI is InChI=1S/C52H92N7O42P5/c1-27(2)100-106(80,81)101-32-13-37(59-23-55-38-28(3)53-22-54-48(38)59)96-36(32)17-91-105(78,79)92-21-52(18-82-24-93-102(72,73)88-10-7-85-49-39(56-29(4)63)45(69)42(66)33(14-60)97-49,19-83-25-94-103(74,75)89-11-8-86-50-40(57-30(5)64)46(70)43(67)34(15-61)98-50)20-84-26-95-104(76,77)90-12-9-87-51-41(58-31(6)65)47(71)44(68)35(16-62)99-51/h22-23,27,32-37,39-47,49-51,60-62,66-71H,7-21,24-26H2,1-6H3,(H,56,63)(H,57,64)(H,58,65)(H,72,73)(H,74,75)(H,76,77)(H,78,79)(H,80,81)/t32?,33?,34?,35?,36-,37-,39+,40+,41+,42+,43+,44+,45?,46?,47?,49-,50-,51-,52?/m1/s1. The van der Waals surface area contributed by atoms with Crippen molar-refractivity contribution in [2.75, 3.05) is 113 Å². The highest BCUT2D eigenvalue weighted by Gasteiger charge is 2.50. The molecule has 4 fully saturated rings. The number of carbonyl (C=O) groups excluding carboxylic acids is 3. The predicted octanol–water partition coefficient (Wildman–Crippen LogP) is -5.34. The summed E-state index contributed by atoms with van der Waals surface area (Å²) in [6.07, 6.45) is -21.8. The van der Waals surface area contributed by atoms with Crippen LogP contribution in [-0.2, 0) is 130 Å². The fourth-order valence-electron chi connectivity index (χ4n) is 10.4. The molecule has 0 aromatic carbocycles. The molecule has 106 heavy (non-hydrogen) atoms. The lowest BCUT2D eigenvalue weighted by molar-refractivity contribution is -0.271. The predicted molar refractivity (Wildman–Crippen MR) is 341 cm³/mol. The lowest BCUT2D eigenvalue weighted by atomic mass is 9.92. The van der Waals surface area contributed by atoms with Crippen LogP contribution in [-0.4, -0.2) is 331 Å². The molecular formula is C52H92N7O42P5. The molecule has 4 aliphatic rings. The minimum Gasteiger partial charge on any atom is -0.394 e. The second kappa shape index (κ2) is 42.0. The van der Waals surface area contributed by atoms with E-state index in [1.54, 1.807) is 6.92 Å². The number of rotatable bonds is 47. The largest absolute Gasteiger partial charge is 0.474 e. The molecule has 3 amide bonds. The first kappa shape index (κ1) is 91.6. The van der Waals surface area contributed by atoms with Gasteiger partial charge in [-0.25, -0.2) is 37.8 Å². The van der Waals surface area contributed by atoms with Crippen molar-refractivity contribution in [1.82, 2.24) is 35.5 Å². The van der Waals surface area contributed by atoms with Gasteiger partial charge in [0.25, 0.3) is 0 Å². The number of hydrogen-bond donors (Lipinski definition) is 17. The fraction of sp³-hybridized carbons (Fsp3) is 0.846. The molecule has 612 valence electrons. The highest BCUT2D eigenvalue weighted by Crippen LogP contribution is 2.52. The molecule has 17 N–H and O–H groups in total. The van der Waals surface area contributed by atoms with Crippen LogP contribution in [0.3, 0.4) is 0 Å². The zero-order valence-electron chi connectivity index (χ0n) is 57.6. The van der Waals surface area contributed by atoms with E-state index in [1.165, 1.54) is 31.1 Å². The van der Waals surface area contributed by atoms with Crippen molar-refractivity contribution in [2.24, 2.45) is 5.41 Å². The van der Waals surface area contributed by atoms with Gasteiger partial charge in [0.1, 0.15) is 103 Å². The Morgan fingerprint density at radius 2 is 0.906 bits per heavy atom. The van der Waals surface area contributed by atoms with Gasteiger partial charge in [0.2, 0.25) is 17.7 Å². The molecular weight excluding hydrogens is 1550 g/mol. The first-order valence-corrected chi connectivity index (χ1v) is 39.5. The van der Waals surface area contributed by atoms with Gasteiger partial charge in [-0.1, -0.05) is 0 Å². The molecule has 0 aliphatic carbocycles. The summed E-state index contributed by atoms with van der Waals surface area (Å²) in [5, 5.41) is 98.7. The number of aryl methyl sites for hydroxylation is 1. The molecule has 0 spiro atoms. The minimum absolute atomic E-state index is 0.244. The minimum atomic E-state index is -5.56. The molecule has 49 nitrogen and oxygen atoms in total. The van der Waals surface area contributed by atoms with Gasteiger partial charge in [0.15, 0.2) is 44.9 Å². The summed E-state index contributed by atoms with van der Waals surface area (Å²) in [5.41, 5.74) is -1.20. The number of ether oxygens (including phenoxy) is 10. The van der Waals surface area contributed by atoms with E-state index in [0.29, 0.717) is 11.2 Å². The molecule has 12 unspecified atom stereocenters. The number of nitrogens with zero attached hydrogens (tertiary/aromatic N) is 4. The van der Waals surface area contributed by atoms with E-state index in [-0.39, 0.29) is 12.1 Å². The number of aliphatic hydroxyl groups is 9. The van der Waals surface area contributed by atoms with Gasteiger partial charge < -0.3 is 134 Å². The number of aliphatic hydroxyl groups excluding tert-OH is 9. The van der Waals surface area contributed by atoms with Crippen LogP contribution in [0.25, 0.3) is 11.2 Å². The summed E-state index contributed by atoms with van der Waals surface area (Å²) < 4.78 is 175. The van der Waals surface area contributed by atoms with Crippen molar-refractivity contribution in [3.05, 3.63) is 18.3 Å². The topological polar surface area (TPSA) is 684 Å². The van der Waals surface area contributed by atoms with Crippen LogP contribution < -0.4 is 16.0 Å². The Balaban J connectivity index is 1.20. The summed E-state index contributed by atoms with van der Waals surface area (Å²) in [5.74, 6) is -2.09. The highest BCUT2D eigenvalue weighted by molar-refractivity contribution is 7.48. The van der Waals surface area contributed by atoms with Crippen LogP contribution in [0.5, 0.6) is 0 Å². The van der Waals surface area contributed by atoms with E-state index in [0.717, 1.165) is 20.8 Å². The maximum absolute atomic E-state index is 14.1. The molecule has 2 aromatic rings. The zero-order chi connectivity index (χ0) is 78.5. The van der Waals surface area contributed by atoms with Gasteiger partial charge >= 0.3 is 39.1 Å². The lowest BCUT2D eigenvalue weighted by Crippen LogP contribution is -2.64. The maximum atomic E-state index is 14.1. The van der Waals surface area contributed by atoms with Crippen molar-refractivity contribution < 1.29 is 200 Å². The Labute approximate surface area is 603 Å². The van der Waals surface area contributed by atoms with E-state index < -0.39 is 292 Å². The molecule has 2 aromatic heterocycles. The molecule has 0 radical (unpaired) electrons.